The summed E-state index contributed by atoms with van der Waals surface area (Å²) in [5.74, 6) is 0. The number of hydrogen-bond donors (Lipinski definition) is 0. The Labute approximate surface area is 104 Å². The molecule has 4 heteroatoms. The van der Waals surface area contributed by atoms with E-state index in [2.05, 4.69) is 46.8 Å². The Balaban J connectivity index is 2.25. The minimum Gasteiger partial charge on any atom is -0.346 e. The zero-order chi connectivity index (χ0) is 11.5. The van der Waals surface area contributed by atoms with Gasteiger partial charge in [-0.05, 0) is 43.5 Å². The van der Waals surface area contributed by atoms with Crippen LogP contribution < -0.4 is 4.90 Å². The van der Waals surface area contributed by atoms with Crippen molar-refractivity contribution in [1.82, 2.24) is 0 Å². The molecule has 1 fully saturated rings. The molecule has 0 unspecified atom stereocenters. The van der Waals surface area contributed by atoms with Gasteiger partial charge in [-0.3, -0.25) is 0 Å². The molecular formula is C12H16BrNO2. The SMILES string of the molecule is Cc1cc(N2CCCOOC2)cc(C)c1Br. The minimum absolute atomic E-state index is 0.501. The molecule has 88 valence electrons. The number of anilines is 1. The van der Waals surface area contributed by atoms with E-state index < -0.39 is 0 Å². The fourth-order valence-electron chi connectivity index (χ4n) is 1.85. The van der Waals surface area contributed by atoms with Crippen molar-refractivity contribution in [3.8, 4) is 0 Å². The number of benzene rings is 1. The van der Waals surface area contributed by atoms with Gasteiger partial charge in [0.15, 0.2) is 6.73 Å². The van der Waals surface area contributed by atoms with Crippen LogP contribution in [0.5, 0.6) is 0 Å². The number of nitrogens with zero attached hydrogens (tertiary/aromatic N) is 1. The summed E-state index contributed by atoms with van der Waals surface area (Å²) in [5.41, 5.74) is 3.70. The van der Waals surface area contributed by atoms with Crippen LogP contribution >= 0.6 is 15.9 Å². The summed E-state index contributed by atoms with van der Waals surface area (Å²) in [6.45, 7) is 6.36. The number of aryl methyl sites for hydroxylation is 2. The molecule has 1 aromatic rings. The van der Waals surface area contributed by atoms with Crippen LogP contribution in [0.2, 0.25) is 0 Å². The summed E-state index contributed by atoms with van der Waals surface area (Å²) < 4.78 is 1.18. The third kappa shape index (κ3) is 2.56. The smallest absolute Gasteiger partial charge is 0.154 e. The predicted octanol–water partition coefficient (Wildman–Crippen LogP) is 3.18. The highest BCUT2D eigenvalue weighted by atomic mass is 79.9. The Kier molecular flexibility index (Phi) is 3.84. The maximum Gasteiger partial charge on any atom is 0.154 e. The van der Waals surface area contributed by atoms with Crippen molar-refractivity contribution in [2.45, 2.75) is 20.3 Å². The summed E-state index contributed by atoms with van der Waals surface area (Å²) in [5, 5.41) is 0. The van der Waals surface area contributed by atoms with Crippen molar-refractivity contribution in [1.29, 1.82) is 0 Å². The topological polar surface area (TPSA) is 21.7 Å². The van der Waals surface area contributed by atoms with Crippen LogP contribution in [0.4, 0.5) is 5.69 Å². The van der Waals surface area contributed by atoms with Gasteiger partial charge in [-0.2, -0.15) is 0 Å². The van der Waals surface area contributed by atoms with E-state index in [1.807, 2.05) is 0 Å². The maximum atomic E-state index is 5.09. The van der Waals surface area contributed by atoms with Crippen molar-refractivity contribution in [3.05, 3.63) is 27.7 Å². The van der Waals surface area contributed by atoms with Gasteiger partial charge in [-0.15, -0.1) is 0 Å². The average molecular weight is 286 g/mol. The molecule has 1 heterocycles. The van der Waals surface area contributed by atoms with Gasteiger partial charge in [0.2, 0.25) is 0 Å². The first-order chi connectivity index (χ1) is 7.68. The second-order valence-electron chi connectivity index (χ2n) is 4.08. The Morgan fingerprint density at radius 1 is 1.19 bits per heavy atom. The summed E-state index contributed by atoms with van der Waals surface area (Å²) >= 11 is 3.58. The van der Waals surface area contributed by atoms with E-state index >= 15 is 0 Å². The highest BCUT2D eigenvalue weighted by molar-refractivity contribution is 9.10. The van der Waals surface area contributed by atoms with Gasteiger partial charge in [0.25, 0.3) is 0 Å². The fourth-order valence-corrected chi connectivity index (χ4v) is 2.08. The van der Waals surface area contributed by atoms with E-state index in [4.69, 9.17) is 9.78 Å². The Hall–Kier alpha value is -0.580. The molecular weight excluding hydrogens is 270 g/mol. The molecule has 16 heavy (non-hydrogen) atoms. The lowest BCUT2D eigenvalue weighted by molar-refractivity contribution is -0.287. The number of rotatable bonds is 1. The Morgan fingerprint density at radius 3 is 2.56 bits per heavy atom. The summed E-state index contributed by atoms with van der Waals surface area (Å²) in [7, 11) is 0. The quantitative estimate of drug-likeness (QED) is 0.740. The van der Waals surface area contributed by atoms with Gasteiger partial charge in [-0.1, -0.05) is 15.9 Å². The standard InChI is InChI=1S/C12H16BrNO2/c1-9-6-11(7-10(2)12(9)13)14-4-3-5-15-16-8-14/h6-7H,3-5,8H2,1-2H3. The first-order valence-corrected chi connectivity index (χ1v) is 6.24. The molecule has 2 rings (SSSR count). The van der Waals surface area contributed by atoms with Gasteiger partial charge in [0.05, 0.1) is 6.61 Å². The monoisotopic (exact) mass is 285 g/mol. The normalized spacial score (nSPS) is 17.3. The summed E-state index contributed by atoms with van der Waals surface area (Å²) in [6.07, 6.45) is 0.994. The minimum atomic E-state index is 0.501. The highest BCUT2D eigenvalue weighted by Crippen LogP contribution is 2.27. The van der Waals surface area contributed by atoms with Crippen LogP contribution in [0.25, 0.3) is 0 Å². The van der Waals surface area contributed by atoms with E-state index in [9.17, 15) is 0 Å². The molecule has 0 radical (unpaired) electrons. The van der Waals surface area contributed by atoms with E-state index in [0.717, 1.165) is 13.0 Å². The molecule has 0 bridgehead atoms. The van der Waals surface area contributed by atoms with Gasteiger partial charge in [0, 0.05) is 16.7 Å². The molecule has 0 amide bonds. The third-order valence-corrected chi connectivity index (χ3v) is 3.98. The summed E-state index contributed by atoms with van der Waals surface area (Å²) in [6, 6.07) is 4.34. The molecule has 0 aliphatic carbocycles. The van der Waals surface area contributed by atoms with Crippen molar-refractivity contribution >= 4 is 21.6 Å². The lowest BCUT2D eigenvalue weighted by Gasteiger charge is -2.22. The van der Waals surface area contributed by atoms with Gasteiger partial charge in [-0.25, -0.2) is 9.78 Å². The van der Waals surface area contributed by atoms with Crippen molar-refractivity contribution < 1.29 is 9.78 Å². The lowest BCUT2D eigenvalue weighted by atomic mass is 10.1. The first-order valence-electron chi connectivity index (χ1n) is 5.44. The predicted molar refractivity (Wildman–Crippen MR) is 67.5 cm³/mol. The van der Waals surface area contributed by atoms with Crippen molar-refractivity contribution in [3.63, 3.8) is 0 Å². The molecule has 1 aliphatic rings. The molecule has 0 N–H and O–H groups in total. The van der Waals surface area contributed by atoms with Crippen molar-refractivity contribution in [2.75, 3.05) is 24.8 Å². The van der Waals surface area contributed by atoms with Crippen LogP contribution in [-0.4, -0.2) is 19.9 Å². The lowest BCUT2D eigenvalue weighted by Crippen LogP contribution is -2.25. The Morgan fingerprint density at radius 2 is 1.88 bits per heavy atom. The van der Waals surface area contributed by atoms with E-state index in [0.29, 0.717) is 13.3 Å². The summed E-state index contributed by atoms with van der Waals surface area (Å²) in [4.78, 5) is 12.3. The largest absolute Gasteiger partial charge is 0.346 e. The molecule has 0 atom stereocenters. The molecule has 1 saturated heterocycles. The number of halogens is 1. The Bertz CT molecular complexity index is 350. The molecule has 3 nitrogen and oxygen atoms in total. The maximum absolute atomic E-state index is 5.09. The van der Waals surface area contributed by atoms with Crippen LogP contribution in [0.3, 0.4) is 0 Å². The van der Waals surface area contributed by atoms with E-state index in [1.54, 1.807) is 0 Å². The van der Waals surface area contributed by atoms with Crippen LogP contribution in [0.15, 0.2) is 16.6 Å². The molecule has 0 aromatic heterocycles. The first kappa shape index (κ1) is 11.9. The average Bonchev–Trinajstić information content (AvgIpc) is 2.53. The second kappa shape index (κ2) is 5.17. The zero-order valence-corrected chi connectivity index (χ0v) is 11.2. The van der Waals surface area contributed by atoms with Gasteiger partial charge in [0.1, 0.15) is 0 Å². The van der Waals surface area contributed by atoms with Gasteiger partial charge < -0.3 is 4.90 Å². The molecule has 1 aromatic carbocycles. The second-order valence-corrected chi connectivity index (χ2v) is 4.87. The van der Waals surface area contributed by atoms with Crippen molar-refractivity contribution in [2.24, 2.45) is 0 Å². The van der Waals surface area contributed by atoms with Crippen LogP contribution in [0, 0.1) is 13.8 Å². The van der Waals surface area contributed by atoms with Gasteiger partial charge >= 0.3 is 0 Å². The molecule has 0 saturated carbocycles. The fraction of sp³-hybridized carbons (Fsp3) is 0.500. The van der Waals surface area contributed by atoms with Crippen LogP contribution in [-0.2, 0) is 9.78 Å². The molecule has 1 aliphatic heterocycles. The van der Waals surface area contributed by atoms with E-state index in [1.165, 1.54) is 21.3 Å². The van der Waals surface area contributed by atoms with Crippen LogP contribution in [0.1, 0.15) is 17.5 Å². The highest BCUT2D eigenvalue weighted by Gasteiger charge is 2.12. The van der Waals surface area contributed by atoms with E-state index in [-0.39, 0.29) is 0 Å². The number of hydrogen-bond acceptors (Lipinski definition) is 3. The molecule has 0 spiro atoms. The third-order valence-electron chi connectivity index (χ3n) is 2.73. The zero-order valence-electron chi connectivity index (χ0n) is 9.62.